The molecule has 1 aliphatic heterocycles. The molecule has 1 saturated heterocycles. The van der Waals surface area contributed by atoms with Crippen LogP contribution in [0.1, 0.15) is 19.3 Å². The zero-order chi connectivity index (χ0) is 24.7. The zero-order valence-electron chi connectivity index (χ0n) is 19.5. The van der Waals surface area contributed by atoms with Gasteiger partial charge in [0.05, 0.1) is 23.8 Å². The van der Waals surface area contributed by atoms with Crippen LogP contribution in [0.25, 0.3) is 0 Å². The van der Waals surface area contributed by atoms with E-state index in [1.807, 2.05) is 24.3 Å². The number of halogens is 1. The molecule has 9 nitrogen and oxygen atoms in total. The molecule has 1 aliphatic rings. The van der Waals surface area contributed by atoms with Gasteiger partial charge < -0.3 is 15.4 Å². The van der Waals surface area contributed by atoms with Crippen LogP contribution in [0.4, 0.5) is 33.2 Å². The average Bonchev–Trinajstić information content (AvgIpc) is 2.82. The maximum Gasteiger partial charge on any atom is 0.229 e. The first-order valence-corrected chi connectivity index (χ1v) is 13.3. The molecule has 3 aromatic rings. The van der Waals surface area contributed by atoms with Gasteiger partial charge in [-0.3, -0.25) is 9.62 Å². The van der Waals surface area contributed by atoms with Crippen molar-refractivity contribution in [3.05, 3.63) is 60.5 Å². The van der Waals surface area contributed by atoms with Gasteiger partial charge in [-0.1, -0.05) is 24.6 Å². The van der Waals surface area contributed by atoms with Crippen molar-refractivity contribution in [2.24, 2.45) is 0 Å². The minimum atomic E-state index is -3.51. The van der Waals surface area contributed by atoms with Gasteiger partial charge in [-0.05, 0) is 50.2 Å². The van der Waals surface area contributed by atoms with Crippen molar-refractivity contribution >= 4 is 38.9 Å². The number of rotatable bonds is 10. The van der Waals surface area contributed by atoms with Crippen LogP contribution in [0.5, 0.6) is 5.75 Å². The van der Waals surface area contributed by atoms with Crippen LogP contribution in [0.15, 0.2) is 54.7 Å². The number of nitrogens with one attached hydrogen (secondary N) is 3. The lowest BCUT2D eigenvalue weighted by molar-refractivity contribution is 0.183. The monoisotopic (exact) mass is 500 g/mol. The molecule has 11 heteroatoms. The van der Waals surface area contributed by atoms with E-state index in [0.29, 0.717) is 23.7 Å². The van der Waals surface area contributed by atoms with Crippen molar-refractivity contribution < 1.29 is 17.5 Å². The molecule has 0 bridgehead atoms. The lowest BCUT2D eigenvalue weighted by Crippen LogP contribution is -2.33. The molecule has 0 spiro atoms. The van der Waals surface area contributed by atoms with E-state index in [1.54, 1.807) is 24.3 Å². The van der Waals surface area contributed by atoms with E-state index < -0.39 is 15.8 Å². The van der Waals surface area contributed by atoms with Crippen LogP contribution in [-0.4, -0.2) is 55.8 Å². The Labute approximate surface area is 204 Å². The third-order valence-electron chi connectivity index (χ3n) is 5.43. The van der Waals surface area contributed by atoms with E-state index >= 15 is 0 Å². The lowest BCUT2D eigenvalue weighted by atomic mass is 10.1. The minimum Gasteiger partial charge on any atom is -0.492 e. The lowest BCUT2D eigenvalue weighted by Gasteiger charge is -2.26. The van der Waals surface area contributed by atoms with Crippen LogP contribution >= 0.6 is 0 Å². The summed E-state index contributed by atoms with van der Waals surface area (Å²) in [5, 5.41) is 5.90. The number of anilines is 5. The number of piperidine rings is 1. The fourth-order valence-electron chi connectivity index (χ4n) is 3.79. The van der Waals surface area contributed by atoms with E-state index in [0.717, 1.165) is 32.1 Å². The Kier molecular flexibility index (Phi) is 7.98. The van der Waals surface area contributed by atoms with Gasteiger partial charge in [-0.2, -0.15) is 4.98 Å². The third kappa shape index (κ3) is 7.52. The van der Waals surface area contributed by atoms with Crippen LogP contribution < -0.4 is 20.1 Å². The van der Waals surface area contributed by atoms with Gasteiger partial charge in [0.1, 0.15) is 12.4 Å². The zero-order valence-corrected chi connectivity index (χ0v) is 20.3. The molecule has 0 atom stereocenters. The molecule has 0 saturated carbocycles. The second-order valence-corrected chi connectivity index (χ2v) is 10.1. The highest BCUT2D eigenvalue weighted by molar-refractivity contribution is 7.92. The molecule has 0 radical (unpaired) electrons. The summed E-state index contributed by atoms with van der Waals surface area (Å²) in [5.74, 6) is 0.111. The number of hydrogen-bond donors (Lipinski definition) is 3. The van der Waals surface area contributed by atoms with Crippen molar-refractivity contribution in [3.63, 3.8) is 0 Å². The summed E-state index contributed by atoms with van der Waals surface area (Å²) in [6.45, 7) is 3.74. The van der Waals surface area contributed by atoms with Crippen molar-refractivity contribution in [1.29, 1.82) is 0 Å². The van der Waals surface area contributed by atoms with Gasteiger partial charge >= 0.3 is 0 Å². The topological polar surface area (TPSA) is 108 Å². The van der Waals surface area contributed by atoms with E-state index in [4.69, 9.17) is 4.74 Å². The van der Waals surface area contributed by atoms with Gasteiger partial charge in [0, 0.05) is 18.3 Å². The molecule has 4 rings (SSSR count). The summed E-state index contributed by atoms with van der Waals surface area (Å²) in [7, 11) is -3.51. The first-order chi connectivity index (χ1) is 16.9. The van der Waals surface area contributed by atoms with E-state index in [-0.39, 0.29) is 17.5 Å². The standard InChI is InChI=1S/C24H29FN6O3S/c1-35(32,33)30-22-11-4-3-10-21(22)28-23-20(25)17-26-24(29-23)27-18-8-7-9-19(16-18)34-15-14-31-12-5-2-6-13-31/h3-4,7-11,16-17,30H,2,5-6,12-15H2,1H3,(H2,26,27,28,29). The Hall–Kier alpha value is -3.44. The molecule has 35 heavy (non-hydrogen) atoms. The largest absolute Gasteiger partial charge is 0.492 e. The normalized spacial score (nSPS) is 14.3. The summed E-state index contributed by atoms with van der Waals surface area (Å²) >= 11 is 0. The predicted octanol–water partition coefficient (Wildman–Crippen LogP) is 4.34. The Morgan fingerprint density at radius 1 is 1.03 bits per heavy atom. The van der Waals surface area contributed by atoms with Gasteiger partial charge in [0.25, 0.3) is 0 Å². The SMILES string of the molecule is CS(=O)(=O)Nc1ccccc1Nc1nc(Nc2cccc(OCCN3CCCCC3)c2)ncc1F. The summed E-state index contributed by atoms with van der Waals surface area (Å²) in [6, 6.07) is 14.0. The Bertz CT molecular complexity index is 1250. The highest BCUT2D eigenvalue weighted by atomic mass is 32.2. The van der Waals surface area contributed by atoms with Crippen molar-refractivity contribution in [3.8, 4) is 5.75 Å². The number of hydrogen-bond acceptors (Lipinski definition) is 8. The van der Waals surface area contributed by atoms with E-state index in [2.05, 4.69) is 30.2 Å². The fraction of sp³-hybridized carbons (Fsp3) is 0.333. The Morgan fingerprint density at radius 3 is 2.57 bits per heavy atom. The van der Waals surface area contributed by atoms with E-state index in [1.165, 1.54) is 19.3 Å². The highest BCUT2D eigenvalue weighted by Crippen LogP contribution is 2.27. The Balaban J connectivity index is 1.42. The molecule has 2 heterocycles. The highest BCUT2D eigenvalue weighted by Gasteiger charge is 2.13. The molecule has 3 N–H and O–H groups in total. The molecule has 1 fully saturated rings. The molecule has 186 valence electrons. The number of aromatic nitrogens is 2. The summed E-state index contributed by atoms with van der Waals surface area (Å²) in [5.41, 5.74) is 1.32. The van der Waals surface area contributed by atoms with Gasteiger partial charge in [0.2, 0.25) is 16.0 Å². The second-order valence-electron chi connectivity index (χ2n) is 8.34. The number of sulfonamides is 1. The number of benzene rings is 2. The Morgan fingerprint density at radius 2 is 1.80 bits per heavy atom. The molecule has 1 aromatic heterocycles. The van der Waals surface area contributed by atoms with Crippen LogP contribution in [0, 0.1) is 5.82 Å². The van der Waals surface area contributed by atoms with Gasteiger partial charge in [-0.15, -0.1) is 0 Å². The second kappa shape index (κ2) is 11.3. The van der Waals surface area contributed by atoms with Crippen LogP contribution in [0.2, 0.25) is 0 Å². The smallest absolute Gasteiger partial charge is 0.229 e. The molecule has 0 amide bonds. The average molecular weight is 501 g/mol. The van der Waals surface area contributed by atoms with Crippen LogP contribution in [0.3, 0.4) is 0 Å². The van der Waals surface area contributed by atoms with Gasteiger partial charge in [-0.25, -0.2) is 17.8 Å². The molecular weight excluding hydrogens is 471 g/mol. The van der Waals surface area contributed by atoms with Crippen molar-refractivity contribution in [1.82, 2.24) is 14.9 Å². The quantitative estimate of drug-likeness (QED) is 0.377. The maximum atomic E-state index is 14.4. The number of ether oxygens (including phenoxy) is 1. The summed E-state index contributed by atoms with van der Waals surface area (Å²) in [4.78, 5) is 10.6. The van der Waals surface area contributed by atoms with Crippen LogP contribution in [-0.2, 0) is 10.0 Å². The van der Waals surface area contributed by atoms with Crippen molar-refractivity contribution in [2.75, 3.05) is 47.9 Å². The first-order valence-electron chi connectivity index (χ1n) is 11.4. The third-order valence-corrected chi connectivity index (χ3v) is 6.03. The predicted molar refractivity (Wildman–Crippen MR) is 136 cm³/mol. The van der Waals surface area contributed by atoms with E-state index in [9.17, 15) is 12.8 Å². The fourth-order valence-corrected chi connectivity index (χ4v) is 4.37. The summed E-state index contributed by atoms with van der Waals surface area (Å²) < 4.78 is 46.0. The number of nitrogens with zero attached hydrogens (tertiary/aromatic N) is 3. The molecule has 0 aliphatic carbocycles. The molecule has 2 aromatic carbocycles. The number of likely N-dealkylation sites (tertiary alicyclic amines) is 1. The maximum absolute atomic E-state index is 14.4. The first kappa shape index (κ1) is 24.7. The summed E-state index contributed by atoms with van der Waals surface area (Å²) in [6.07, 6.45) is 5.88. The molecular formula is C24H29FN6O3S. The van der Waals surface area contributed by atoms with Gasteiger partial charge in [0.15, 0.2) is 11.6 Å². The molecule has 0 unspecified atom stereocenters. The van der Waals surface area contributed by atoms with Crippen molar-refractivity contribution in [2.45, 2.75) is 19.3 Å². The minimum absolute atomic E-state index is 0.0980. The number of para-hydroxylation sites is 2.